The van der Waals surface area contributed by atoms with Gasteiger partial charge in [0.05, 0.1) is 18.8 Å². The maximum absolute atomic E-state index is 12.1. The van der Waals surface area contributed by atoms with Gasteiger partial charge < -0.3 is 20.5 Å². The first-order valence-corrected chi connectivity index (χ1v) is 6.62. The van der Waals surface area contributed by atoms with Crippen LogP contribution in [0, 0.1) is 0 Å². The standard InChI is InChI=1S/C14H20N2O3/c1-19-10-6-7-11(13(17)9-10)16-14(18)12-5-3-2-4-8-15-12/h6-7,9,12,15,17H,2-5,8H2,1H3,(H,16,18). The van der Waals surface area contributed by atoms with Gasteiger partial charge in [-0.2, -0.15) is 0 Å². The Morgan fingerprint density at radius 3 is 3.00 bits per heavy atom. The molecule has 1 fully saturated rings. The molecule has 1 aromatic carbocycles. The number of phenols is 1. The van der Waals surface area contributed by atoms with E-state index >= 15 is 0 Å². The zero-order valence-corrected chi connectivity index (χ0v) is 11.1. The molecule has 1 aliphatic rings. The minimum absolute atomic E-state index is 0.0151. The number of hydrogen-bond donors (Lipinski definition) is 3. The van der Waals surface area contributed by atoms with E-state index in [-0.39, 0.29) is 17.7 Å². The maximum Gasteiger partial charge on any atom is 0.241 e. The second kappa shape index (κ2) is 6.43. The summed E-state index contributed by atoms with van der Waals surface area (Å²) < 4.78 is 5.00. The van der Waals surface area contributed by atoms with E-state index < -0.39 is 0 Å². The molecule has 3 N–H and O–H groups in total. The lowest BCUT2D eigenvalue weighted by atomic mass is 10.1. The summed E-state index contributed by atoms with van der Waals surface area (Å²) in [7, 11) is 1.53. The van der Waals surface area contributed by atoms with Crippen LogP contribution in [0.5, 0.6) is 11.5 Å². The van der Waals surface area contributed by atoms with E-state index in [1.165, 1.54) is 13.2 Å². The number of benzene rings is 1. The van der Waals surface area contributed by atoms with Crippen LogP contribution in [0.2, 0.25) is 0 Å². The minimum Gasteiger partial charge on any atom is -0.506 e. The fourth-order valence-corrected chi connectivity index (χ4v) is 2.22. The lowest BCUT2D eigenvalue weighted by Crippen LogP contribution is -2.39. The van der Waals surface area contributed by atoms with Gasteiger partial charge in [-0.25, -0.2) is 0 Å². The molecule has 1 aromatic rings. The molecule has 0 spiro atoms. The largest absolute Gasteiger partial charge is 0.506 e. The molecule has 104 valence electrons. The molecule has 1 amide bonds. The first kappa shape index (κ1) is 13.7. The van der Waals surface area contributed by atoms with Gasteiger partial charge in [-0.15, -0.1) is 0 Å². The van der Waals surface area contributed by atoms with Crippen molar-refractivity contribution in [1.82, 2.24) is 5.32 Å². The molecule has 2 rings (SSSR count). The van der Waals surface area contributed by atoms with Crippen molar-refractivity contribution in [3.63, 3.8) is 0 Å². The van der Waals surface area contributed by atoms with Crippen LogP contribution in [0.15, 0.2) is 18.2 Å². The highest BCUT2D eigenvalue weighted by atomic mass is 16.5. The third-order valence-corrected chi connectivity index (χ3v) is 3.34. The second-order valence-corrected chi connectivity index (χ2v) is 4.73. The zero-order chi connectivity index (χ0) is 13.7. The van der Waals surface area contributed by atoms with Crippen molar-refractivity contribution in [1.29, 1.82) is 0 Å². The van der Waals surface area contributed by atoms with Crippen molar-refractivity contribution in [3.05, 3.63) is 18.2 Å². The van der Waals surface area contributed by atoms with E-state index in [0.29, 0.717) is 11.4 Å². The Kier molecular flexibility index (Phi) is 4.63. The number of carbonyl (C=O) groups excluding carboxylic acids is 1. The fraction of sp³-hybridized carbons (Fsp3) is 0.500. The maximum atomic E-state index is 12.1. The average molecular weight is 264 g/mol. The summed E-state index contributed by atoms with van der Waals surface area (Å²) >= 11 is 0. The third kappa shape index (κ3) is 3.61. The molecule has 5 heteroatoms. The predicted octanol–water partition coefficient (Wildman–Crippen LogP) is 1.87. The van der Waals surface area contributed by atoms with Crippen LogP contribution in [0.4, 0.5) is 5.69 Å². The second-order valence-electron chi connectivity index (χ2n) is 4.73. The Morgan fingerprint density at radius 1 is 1.42 bits per heavy atom. The van der Waals surface area contributed by atoms with Crippen LogP contribution in [-0.2, 0) is 4.79 Å². The quantitative estimate of drug-likeness (QED) is 0.729. The van der Waals surface area contributed by atoms with E-state index in [4.69, 9.17) is 4.74 Å². The summed E-state index contributed by atoms with van der Waals surface area (Å²) in [6.07, 6.45) is 4.16. The van der Waals surface area contributed by atoms with E-state index in [9.17, 15) is 9.90 Å². The first-order valence-electron chi connectivity index (χ1n) is 6.62. The summed E-state index contributed by atoms with van der Waals surface area (Å²) in [6, 6.07) is 4.65. The molecule has 1 saturated heterocycles. The van der Waals surface area contributed by atoms with Gasteiger partial charge in [0.15, 0.2) is 0 Å². The Labute approximate surface area is 113 Å². The van der Waals surface area contributed by atoms with Crippen LogP contribution >= 0.6 is 0 Å². The Hall–Kier alpha value is -1.75. The van der Waals surface area contributed by atoms with Crippen LogP contribution in [-0.4, -0.2) is 30.7 Å². The third-order valence-electron chi connectivity index (χ3n) is 3.34. The molecular formula is C14H20N2O3. The number of nitrogens with one attached hydrogen (secondary N) is 2. The van der Waals surface area contributed by atoms with Crippen molar-refractivity contribution >= 4 is 11.6 Å². The molecule has 1 aliphatic heterocycles. The Bertz CT molecular complexity index is 440. The Balaban J connectivity index is 2.01. The lowest BCUT2D eigenvalue weighted by molar-refractivity contribution is -0.118. The van der Waals surface area contributed by atoms with Crippen molar-refractivity contribution in [2.24, 2.45) is 0 Å². The molecule has 0 saturated carbocycles. The van der Waals surface area contributed by atoms with Crippen molar-refractivity contribution in [2.75, 3.05) is 19.0 Å². The van der Waals surface area contributed by atoms with Gasteiger partial charge >= 0.3 is 0 Å². The highest BCUT2D eigenvalue weighted by Crippen LogP contribution is 2.28. The number of aromatic hydroxyl groups is 1. The van der Waals surface area contributed by atoms with E-state index in [2.05, 4.69) is 10.6 Å². The number of amides is 1. The number of phenolic OH excluding ortho intramolecular Hbond substituents is 1. The van der Waals surface area contributed by atoms with E-state index in [1.807, 2.05) is 0 Å². The smallest absolute Gasteiger partial charge is 0.241 e. The zero-order valence-electron chi connectivity index (χ0n) is 11.1. The number of methoxy groups -OCH3 is 1. The summed E-state index contributed by atoms with van der Waals surface area (Å²) in [6.45, 7) is 0.868. The monoisotopic (exact) mass is 264 g/mol. The number of rotatable bonds is 3. The van der Waals surface area contributed by atoms with Gasteiger partial charge in [0.1, 0.15) is 11.5 Å². The molecule has 0 radical (unpaired) electrons. The molecule has 0 bridgehead atoms. The van der Waals surface area contributed by atoms with Gasteiger partial charge in [0, 0.05) is 6.07 Å². The van der Waals surface area contributed by atoms with Gasteiger partial charge in [0.25, 0.3) is 0 Å². The molecule has 1 unspecified atom stereocenters. The Morgan fingerprint density at radius 2 is 2.26 bits per heavy atom. The molecular weight excluding hydrogens is 244 g/mol. The van der Waals surface area contributed by atoms with Crippen molar-refractivity contribution in [2.45, 2.75) is 31.7 Å². The average Bonchev–Trinajstić information content (AvgIpc) is 2.70. The molecule has 5 nitrogen and oxygen atoms in total. The minimum atomic E-state index is -0.177. The number of anilines is 1. The highest BCUT2D eigenvalue weighted by molar-refractivity contribution is 5.96. The highest BCUT2D eigenvalue weighted by Gasteiger charge is 2.20. The SMILES string of the molecule is COc1ccc(NC(=O)C2CCCCCN2)c(O)c1. The van der Waals surface area contributed by atoms with Crippen LogP contribution in [0.1, 0.15) is 25.7 Å². The van der Waals surface area contributed by atoms with Crippen LogP contribution in [0.3, 0.4) is 0 Å². The molecule has 1 heterocycles. The molecule has 0 aromatic heterocycles. The van der Waals surface area contributed by atoms with E-state index in [0.717, 1.165) is 32.2 Å². The summed E-state index contributed by atoms with van der Waals surface area (Å²) in [5.41, 5.74) is 0.414. The normalized spacial score (nSPS) is 19.5. The summed E-state index contributed by atoms with van der Waals surface area (Å²) in [5, 5.41) is 15.8. The summed E-state index contributed by atoms with van der Waals surface area (Å²) in [4.78, 5) is 12.1. The van der Waals surface area contributed by atoms with Gasteiger partial charge in [0.2, 0.25) is 5.91 Å². The van der Waals surface area contributed by atoms with Crippen molar-refractivity contribution in [3.8, 4) is 11.5 Å². The van der Waals surface area contributed by atoms with Crippen molar-refractivity contribution < 1.29 is 14.6 Å². The van der Waals surface area contributed by atoms with Crippen LogP contribution < -0.4 is 15.4 Å². The predicted molar refractivity (Wildman–Crippen MR) is 73.5 cm³/mol. The molecule has 1 atom stereocenters. The molecule has 0 aliphatic carbocycles. The van der Waals surface area contributed by atoms with Gasteiger partial charge in [-0.05, 0) is 31.5 Å². The fourth-order valence-electron chi connectivity index (χ4n) is 2.22. The van der Waals surface area contributed by atoms with Gasteiger partial charge in [-0.1, -0.05) is 12.8 Å². The van der Waals surface area contributed by atoms with E-state index in [1.54, 1.807) is 12.1 Å². The molecule has 19 heavy (non-hydrogen) atoms. The summed E-state index contributed by atoms with van der Waals surface area (Å²) in [5.74, 6) is 0.478. The van der Waals surface area contributed by atoms with Crippen LogP contribution in [0.25, 0.3) is 0 Å². The number of hydrogen-bond acceptors (Lipinski definition) is 4. The number of carbonyl (C=O) groups is 1. The van der Waals surface area contributed by atoms with Gasteiger partial charge in [-0.3, -0.25) is 4.79 Å². The topological polar surface area (TPSA) is 70.6 Å². The first-order chi connectivity index (χ1) is 9.20. The lowest BCUT2D eigenvalue weighted by Gasteiger charge is -2.16. The number of ether oxygens (including phenoxy) is 1.